The summed E-state index contributed by atoms with van der Waals surface area (Å²) in [5.41, 5.74) is 7.08. The Morgan fingerprint density at radius 1 is 1.24 bits per heavy atom. The van der Waals surface area contributed by atoms with Gasteiger partial charge in [0.05, 0.1) is 6.54 Å². The molecule has 2 aliphatic rings. The predicted molar refractivity (Wildman–Crippen MR) is 81.5 cm³/mol. The molecule has 0 spiro atoms. The van der Waals surface area contributed by atoms with E-state index < -0.39 is 0 Å². The largest absolute Gasteiger partial charge is 0.334 e. The van der Waals surface area contributed by atoms with Gasteiger partial charge in [-0.1, -0.05) is 0 Å². The molecule has 1 amide bonds. The van der Waals surface area contributed by atoms with Gasteiger partial charge in [-0.3, -0.25) is 14.7 Å². The second-order valence-electron chi connectivity index (χ2n) is 6.22. The molecule has 1 aromatic heterocycles. The van der Waals surface area contributed by atoms with Crippen molar-refractivity contribution >= 4 is 5.91 Å². The van der Waals surface area contributed by atoms with Gasteiger partial charge in [0.25, 0.3) is 0 Å². The molecule has 0 atom stereocenters. The molecule has 1 aromatic rings. The lowest BCUT2D eigenvalue weighted by atomic mass is 10.1. The van der Waals surface area contributed by atoms with Crippen LogP contribution in [0.15, 0.2) is 24.5 Å². The van der Waals surface area contributed by atoms with E-state index in [-0.39, 0.29) is 5.91 Å². The Kier molecular flexibility index (Phi) is 4.51. The number of amides is 1. The highest BCUT2D eigenvalue weighted by atomic mass is 16.2. The highest BCUT2D eigenvalue weighted by molar-refractivity contribution is 5.79. The number of pyridine rings is 1. The van der Waals surface area contributed by atoms with Crippen molar-refractivity contribution in [2.24, 2.45) is 5.73 Å². The lowest BCUT2D eigenvalue weighted by Gasteiger charge is -2.32. The number of piperidine rings is 1. The van der Waals surface area contributed by atoms with E-state index in [9.17, 15) is 4.79 Å². The minimum Gasteiger partial charge on any atom is -0.334 e. The summed E-state index contributed by atoms with van der Waals surface area (Å²) in [4.78, 5) is 20.9. The molecular formula is C16H24N4O. The van der Waals surface area contributed by atoms with E-state index >= 15 is 0 Å². The van der Waals surface area contributed by atoms with Crippen molar-refractivity contribution in [3.05, 3.63) is 30.1 Å². The van der Waals surface area contributed by atoms with E-state index in [2.05, 4.69) is 9.88 Å². The van der Waals surface area contributed by atoms with E-state index in [0.29, 0.717) is 25.2 Å². The second kappa shape index (κ2) is 6.54. The maximum absolute atomic E-state index is 12.6. The third-order valence-electron chi connectivity index (χ3n) is 4.40. The number of aromatic nitrogens is 1. The minimum absolute atomic E-state index is 0.254. The van der Waals surface area contributed by atoms with Crippen LogP contribution in [0.2, 0.25) is 0 Å². The molecule has 5 nitrogen and oxygen atoms in total. The average Bonchev–Trinajstić information content (AvgIpc) is 3.33. The molecule has 1 saturated carbocycles. The Balaban J connectivity index is 1.57. The minimum atomic E-state index is 0.254. The summed E-state index contributed by atoms with van der Waals surface area (Å²) in [5.74, 6) is 0.254. The average molecular weight is 288 g/mol. The fraction of sp³-hybridized carbons (Fsp3) is 0.625. The summed E-state index contributed by atoms with van der Waals surface area (Å²) in [6.07, 6.45) is 7.86. The summed E-state index contributed by atoms with van der Waals surface area (Å²) < 4.78 is 0. The molecule has 0 radical (unpaired) electrons. The Hall–Kier alpha value is -1.46. The van der Waals surface area contributed by atoms with Gasteiger partial charge in [0.1, 0.15) is 0 Å². The molecule has 1 saturated heterocycles. The van der Waals surface area contributed by atoms with Crippen molar-refractivity contribution in [2.45, 2.75) is 44.3 Å². The van der Waals surface area contributed by atoms with E-state index in [1.807, 2.05) is 17.0 Å². The van der Waals surface area contributed by atoms with Gasteiger partial charge in [0.2, 0.25) is 5.91 Å². The summed E-state index contributed by atoms with van der Waals surface area (Å²) in [6, 6.07) is 4.73. The van der Waals surface area contributed by atoms with Gasteiger partial charge in [0, 0.05) is 44.1 Å². The molecule has 1 aliphatic carbocycles. The first-order valence-corrected chi connectivity index (χ1v) is 7.88. The van der Waals surface area contributed by atoms with Crippen LogP contribution in [0.5, 0.6) is 0 Å². The molecule has 0 unspecified atom stereocenters. The third kappa shape index (κ3) is 4.02. The molecule has 0 aromatic carbocycles. The molecule has 2 heterocycles. The topological polar surface area (TPSA) is 62.5 Å². The van der Waals surface area contributed by atoms with Crippen molar-refractivity contribution in [2.75, 3.05) is 19.6 Å². The zero-order chi connectivity index (χ0) is 14.7. The number of hydrogen-bond donors (Lipinski definition) is 1. The normalized spacial score (nSPS) is 20.4. The first-order chi connectivity index (χ1) is 10.2. The maximum atomic E-state index is 12.6. The lowest BCUT2D eigenvalue weighted by molar-refractivity contribution is -0.133. The Morgan fingerprint density at radius 3 is 2.52 bits per heavy atom. The molecule has 0 bridgehead atoms. The SMILES string of the molecule is NC1CCN(CC(=O)N(Cc2ccncc2)C2CC2)CC1. The molecule has 114 valence electrons. The summed E-state index contributed by atoms with van der Waals surface area (Å²) in [7, 11) is 0. The fourth-order valence-corrected chi connectivity index (χ4v) is 2.89. The number of nitrogens with two attached hydrogens (primary N) is 1. The number of rotatable bonds is 5. The van der Waals surface area contributed by atoms with E-state index in [1.54, 1.807) is 12.4 Å². The smallest absolute Gasteiger partial charge is 0.237 e. The van der Waals surface area contributed by atoms with Gasteiger partial charge in [0.15, 0.2) is 0 Å². The zero-order valence-corrected chi connectivity index (χ0v) is 12.4. The Labute approximate surface area is 126 Å². The number of carbonyl (C=O) groups is 1. The van der Waals surface area contributed by atoms with Crippen LogP contribution >= 0.6 is 0 Å². The van der Waals surface area contributed by atoms with Crippen LogP contribution in [-0.2, 0) is 11.3 Å². The second-order valence-corrected chi connectivity index (χ2v) is 6.22. The molecule has 2 N–H and O–H groups in total. The van der Waals surface area contributed by atoms with Crippen molar-refractivity contribution in [3.63, 3.8) is 0 Å². The van der Waals surface area contributed by atoms with Gasteiger partial charge < -0.3 is 10.6 Å². The van der Waals surface area contributed by atoms with E-state index in [1.165, 1.54) is 0 Å². The van der Waals surface area contributed by atoms with Gasteiger partial charge in [-0.2, -0.15) is 0 Å². The van der Waals surface area contributed by atoms with Crippen LogP contribution in [0, 0.1) is 0 Å². The van der Waals surface area contributed by atoms with Crippen molar-refractivity contribution in [1.82, 2.24) is 14.8 Å². The number of likely N-dealkylation sites (tertiary alicyclic amines) is 1. The zero-order valence-electron chi connectivity index (χ0n) is 12.4. The summed E-state index contributed by atoms with van der Waals surface area (Å²) >= 11 is 0. The molecule has 5 heteroatoms. The molecular weight excluding hydrogens is 264 g/mol. The van der Waals surface area contributed by atoms with Gasteiger partial charge in [-0.25, -0.2) is 0 Å². The number of hydrogen-bond acceptors (Lipinski definition) is 4. The van der Waals surface area contributed by atoms with Crippen LogP contribution in [0.3, 0.4) is 0 Å². The standard InChI is InChI=1S/C16H24N4O/c17-14-5-9-19(10-6-14)12-16(21)20(15-1-2-15)11-13-3-7-18-8-4-13/h3-4,7-8,14-15H,1-2,5-6,9-12,17H2. The monoisotopic (exact) mass is 288 g/mol. The quantitative estimate of drug-likeness (QED) is 0.878. The Morgan fingerprint density at radius 2 is 1.90 bits per heavy atom. The maximum Gasteiger partial charge on any atom is 0.237 e. The van der Waals surface area contributed by atoms with E-state index in [4.69, 9.17) is 5.73 Å². The molecule has 3 rings (SSSR count). The highest BCUT2D eigenvalue weighted by Crippen LogP contribution is 2.28. The summed E-state index contributed by atoms with van der Waals surface area (Å²) in [5, 5.41) is 0. The van der Waals surface area contributed by atoms with Gasteiger partial charge in [-0.15, -0.1) is 0 Å². The van der Waals surface area contributed by atoms with Crippen LogP contribution < -0.4 is 5.73 Å². The third-order valence-corrected chi connectivity index (χ3v) is 4.40. The first-order valence-electron chi connectivity index (χ1n) is 7.88. The summed E-state index contributed by atoms with van der Waals surface area (Å²) in [6.45, 7) is 3.13. The van der Waals surface area contributed by atoms with Crippen LogP contribution in [0.25, 0.3) is 0 Å². The molecule has 1 aliphatic heterocycles. The van der Waals surface area contributed by atoms with Crippen LogP contribution in [0.4, 0.5) is 0 Å². The van der Waals surface area contributed by atoms with Gasteiger partial charge in [-0.05, 0) is 43.4 Å². The van der Waals surface area contributed by atoms with Gasteiger partial charge >= 0.3 is 0 Å². The van der Waals surface area contributed by atoms with Crippen LogP contribution in [-0.4, -0.2) is 52.4 Å². The molecule has 2 fully saturated rings. The highest BCUT2D eigenvalue weighted by Gasteiger charge is 2.33. The first kappa shape index (κ1) is 14.5. The van der Waals surface area contributed by atoms with Crippen molar-refractivity contribution in [3.8, 4) is 0 Å². The van der Waals surface area contributed by atoms with Crippen LogP contribution in [0.1, 0.15) is 31.2 Å². The van der Waals surface area contributed by atoms with Crippen molar-refractivity contribution in [1.29, 1.82) is 0 Å². The predicted octanol–water partition coefficient (Wildman–Crippen LogP) is 0.996. The molecule has 21 heavy (non-hydrogen) atoms. The van der Waals surface area contributed by atoms with E-state index in [0.717, 1.165) is 44.3 Å². The fourth-order valence-electron chi connectivity index (χ4n) is 2.89. The number of nitrogens with zero attached hydrogens (tertiary/aromatic N) is 3. The number of carbonyl (C=O) groups excluding carboxylic acids is 1. The Bertz CT molecular complexity index is 466. The van der Waals surface area contributed by atoms with Crippen molar-refractivity contribution < 1.29 is 4.79 Å². The lowest BCUT2D eigenvalue weighted by Crippen LogP contribution is -2.46.